The summed E-state index contributed by atoms with van der Waals surface area (Å²) in [6.07, 6.45) is 2.04. The Morgan fingerprint density at radius 3 is 2.72 bits per heavy atom. The van der Waals surface area contributed by atoms with Gasteiger partial charge in [0.1, 0.15) is 5.75 Å². The molecule has 18 heavy (non-hydrogen) atoms. The molecule has 0 saturated heterocycles. The van der Waals surface area contributed by atoms with Crippen LogP contribution >= 0.6 is 15.9 Å². The van der Waals surface area contributed by atoms with E-state index in [4.69, 9.17) is 4.74 Å². The fraction of sp³-hybridized carbons (Fsp3) is 0.500. The van der Waals surface area contributed by atoms with Crippen LogP contribution in [0, 0.1) is 0 Å². The molecule has 0 heterocycles. The maximum Gasteiger partial charge on any atom is 0.221 e. The minimum Gasteiger partial charge on any atom is -0.492 e. The van der Waals surface area contributed by atoms with Gasteiger partial charge in [-0.1, -0.05) is 28.9 Å². The molecule has 1 atom stereocenters. The highest BCUT2D eigenvalue weighted by atomic mass is 79.9. The number of carbonyl (C=O) groups is 1. The maximum absolute atomic E-state index is 11.1. The van der Waals surface area contributed by atoms with Gasteiger partial charge in [-0.3, -0.25) is 4.79 Å². The number of rotatable bonds is 6. The van der Waals surface area contributed by atoms with E-state index in [1.54, 1.807) is 0 Å². The molecule has 0 aliphatic heterocycles. The van der Waals surface area contributed by atoms with Crippen molar-refractivity contribution < 1.29 is 9.53 Å². The third kappa shape index (κ3) is 4.69. The third-order valence-electron chi connectivity index (χ3n) is 2.56. The smallest absolute Gasteiger partial charge is 0.221 e. The van der Waals surface area contributed by atoms with Crippen molar-refractivity contribution in [2.24, 2.45) is 0 Å². The molecule has 0 aliphatic carbocycles. The topological polar surface area (TPSA) is 38.3 Å². The van der Waals surface area contributed by atoms with Crippen LogP contribution in [-0.4, -0.2) is 17.3 Å². The molecule has 0 aromatic heterocycles. The van der Waals surface area contributed by atoms with Crippen LogP contribution in [0.1, 0.15) is 32.8 Å². The Morgan fingerprint density at radius 1 is 1.44 bits per heavy atom. The molecule has 0 spiro atoms. The number of hydrogen-bond acceptors (Lipinski definition) is 2. The predicted octanol–water partition coefficient (Wildman–Crippen LogP) is 3.76. The average molecular weight is 314 g/mol. The zero-order valence-electron chi connectivity index (χ0n) is 11.1. The first-order chi connectivity index (χ1) is 8.56. The van der Waals surface area contributed by atoms with Crippen molar-refractivity contribution in [1.29, 1.82) is 0 Å². The van der Waals surface area contributed by atoms with Crippen molar-refractivity contribution in [2.75, 3.05) is 11.9 Å². The van der Waals surface area contributed by atoms with Crippen LogP contribution in [0.3, 0.4) is 0 Å². The van der Waals surface area contributed by atoms with Gasteiger partial charge in [0.25, 0.3) is 0 Å². The summed E-state index contributed by atoms with van der Waals surface area (Å²) in [4.78, 5) is 11.6. The fourth-order valence-electron chi connectivity index (χ4n) is 1.66. The zero-order chi connectivity index (χ0) is 13.5. The first kappa shape index (κ1) is 15.0. The Morgan fingerprint density at radius 2 is 2.17 bits per heavy atom. The molecule has 0 fully saturated rings. The van der Waals surface area contributed by atoms with E-state index in [1.807, 2.05) is 25.1 Å². The van der Waals surface area contributed by atoms with Gasteiger partial charge in [-0.25, -0.2) is 0 Å². The molecule has 4 heteroatoms. The quantitative estimate of drug-likeness (QED) is 0.812. The van der Waals surface area contributed by atoms with Gasteiger partial charge < -0.3 is 10.1 Å². The Balaban J connectivity index is 2.91. The lowest BCUT2D eigenvalue weighted by molar-refractivity contribution is -0.114. The summed E-state index contributed by atoms with van der Waals surface area (Å²) in [6.45, 7) is 6.16. The molecule has 0 saturated carbocycles. The minimum absolute atomic E-state index is 0.0874. The lowest BCUT2D eigenvalue weighted by atomic mass is 10.1. The molecule has 1 rings (SSSR count). The summed E-state index contributed by atoms with van der Waals surface area (Å²) >= 11 is 3.63. The molecule has 0 radical (unpaired) electrons. The highest BCUT2D eigenvalue weighted by Gasteiger charge is 2.09. The Labute approximate surface area is 117 Å². The molecule has 3 nitrogen and oxygen atoms in total. The van der Waals surface area contributed by atoms with Gasteiger partial charge in [0.15, 0.2) is 0 Å². The van der Waals surface area contributed by atoms with E-state index >= 15 is 0 Å². The van der Waals surface area contributed by atoms with E-state index in [-0.39, 0.29) is 5.91 Å². The van der Waals surface area contributed by atoms with E-state index in [0.29, 0.717) is 11.4 Å². The van der Waals surface area contributed by atoms with E-state index in [9.17, 15) is 4.79 Å². The van der Waals surface area contributed by atoms with E-state index in [2.05, 4.69) is 28.2 Å². The number of amides is 1. The van der Waals surface area contributed by atoms with E-state index < -0.39 is 0 Å². The number of anilines is 1. The Bertz CT molecular complexity index is 407. The molecule has 1 N–H and O–H groups in total. The van der Waals surface area contributed by atoms with Crippen molar-refractivity contribution in [3.63, 3.8) is 0 Å². The van der Waals surface area contributed by atoms with Crippen molar-refractivity contribution in [3.05, 3.63) is 23.8 Å². The van der Waals surface area contributed by atoms with Gasteiger partial charge in [0, 0.05) is 11.8 Å². The molecular formula is C14H20BrNO2. The van der Waals surface area contributed by atoms with Crippen LogP contribution in [0.15, 0.2) is 18.2 Å². The minimum atomic E-state index is -0.0874. The summed E-state index contributed by atoms with van der Waals surface area (Å²) in [5.74, 6) is 0.650. The number of ether oxygens (including phenoxy) is 1. The Hall–Kier alpha value is -1.03. The molecule has 0 aliphatic rings. The second kappa shape index (κ2) is 7.41. The zero-order valence-corrected chi connectivity index (χ0v) is 12.7. The maximum atomic E-state index is 11.1. The second-order valence-corrected chi connectivity index (χ2v) is 5.45. The van der Waals surface area contributed by atoms with Crippen LogP contribution in [0.2, 0.25) is 0 Å². The lowest BCUT2D eigenvalue weighted by Crippen LogP contribution is -2.09. The van der Waals surface area contributed by atoms with Crippen molar-refractivity contribution in [2.45, 2.75) is 38.4 Å². The molecular weight excluding hydrogens is 294 g/mol. The molecule has 100 valence electrons. The first-order valence-electron chi connectivity index (χ1n) is 6.24. The number of benzene rings is 1. The lowest BCUT2D eigenvalue weighted by Gasteiger charge is -2.13. The highest BCUT2D eigenvalue weighted by Crippen LogP contribution is 2.27. The SMILES string of the molecule is CCOc1cc(CC(Br)CC)ccc1NC(C)=O. The number of carbonyl (C=O) groups excluding carboxylic acids is 1. The number of hydrogen-bond donors (Lipinski definition) is 1. The third-order valence-corrected chi connectivity index (χ3v) is 3.53. The van der Waals surface area contributed by atoms with Crippen LogP contribution < -0.4 is 10.1 Å². The number of nitrogens with one attached hydrogen (secondary N) is 1. The summed E-state index contributed by atoms with van der Waals surface area (Å²) in [5, 5.41) is 2.78. The number of alkyl halides is 1. The van der Waals surface area contributed by atoms with Gasteiger partial charge in [-0.2, -0.15) is 0 Å². The van der Waals surface area contributed by atoms with Crippen LogP contribution in [0.4, 0.5) is 5.69 Å². The monoisotopic (exact) mass is 313 g/mol. The first-order valence-corrected chi connectivity index (χ1v) is 7.15. The molecule has 1 amide bonds. The largest absolute Gasteiger partial charge is 0.492 e. The van der Waals surface area contributed by atoms with E-state index in [0.717, 1.165) is 24.3 Å². The normalized spacial score (nSPS) is 12.0. The van der Waals surface area contributed by atoms with Gasteiger partial charge in [0.2, 0.25) is 5.91 Å². The predicted molar refractivity (Wildman–Crippen MR) is 78.6 cm³/mol. The summed E-state index contributed by atoms with van der Waals surface area (Å²) < 4.78 is 5.56. The van der Waals surface area contributed by atoms with Crippen LogP contribution in [-0.2, 0) is 11.2 Å². The average Bonchev–Trinajstić information content (AvgIpc) is 2.32. The van der Waals surface area contributed by atoms with Gasteiger partial charge >= 0.3 is 0 Å². The summed E-state index contributed by atoms with van der Waals surface area (Å²) in [5.41, 5.74) is 1.94. The fourth-order valence-corrected chi connectivity index (χ4v) is 2.04. The summed E-state index contributed by atoms with van der Waals surface area (Å²) in [7, 11) is 0. The van der Waals surface area contributed by atoms with E-state index in [1.165, 1.54) is 12.5 Å². The standard InChI is InChI=1S/C14H20BrNO2/c1-4-12(15)8-11-6-7-13(16-10(3)17)14(9-11)18-5-2/h6-7,9,12H,4-5,8H2,1-3H3,(H,16,17). The van der Waals surface area contributed by atoms with Crippen LogP contribution in [0.5, 0.6) is 5.75 Å². The highest BCUT2D eigenvalue weighted by molar-refractivity contribution is 9.09. The molecule has 1 aromatic rings. The molecule has 1 unspecified atom stereocenters. The van der Waals surface area contributed by atoms with Gasteiger partial charge in [-0.05, 0) is 37.5 Å². The van der Waals surface area contributed by atoms with Crippen molar-refractivity contribution in [3.8, 4) is 5.75 Å². The van der Waals surface area contributed by atoms with Gasteiger partial charge in [0.05, 0.1) is 12.3 Å². The van der Waals surface area contributed by atoms with Crippen molar-refractivity contribution >= 4 is 27.5 Å². The second-order valence-electron chi connectivity index (χ2n) is 4.15. The van der Waals surface area contributed by atoms with Crippen LogP contribution in [0.25, 0.3) is 0 Å². The molecule has 1 aromatic carbocycles. The van der Waals surface area contributed by atoms with Crippen molar-refractivity contribution in [1.82, 2.24) is 0 Å². The number of halogens is 1. The summed E-state index contributed by atoms with van der Waals surface area (Å²) in [6, 6.07) is 5.92. The molecule has 0 bridgehead atoms. The Kier molecular flexibility index (Phi) is 6.19. The van der Waals surface area contributed by atoms with Gasteiger partial charge in [-0.15, -0.1) is 0 Å².